The molecule has 27 heavy (non-hydrogen) atoms. The molecule has 1 aliphatic rings. The van der Waals surface area contributed by atoms with Gasteiger partial charge in [-0.25, -0.2) is 0 Å². The summed E-state index contributed by atoms with van der Waals surface area (Å²) in [6, 6.07) is 17.1. The van der Waals surface area contributed by atoms with E-state index in [1.54, 1.807) is 0 Å². The SMILES string of the molecule is CCN(CC)C(C)N1CCn2c(c(-c3ccccc3)c3cc(Cl)ccc32)C1. The van der Waals surface area contributed by atoms with Crippen LogP contribution in [0, 0.1) is 0 Å². The first-order chi connectivity index (χ1) is 13.1. The molecule has 0 saturated heterocycles. The Labute approximate surface area is 167 Å². The van der Waals surface area contributed by atoms with Gasteiger partial charge in [0, 0.05) is 46.8 Å². The van der Waals surface area contributed by atoms with Crippen molar-refractivity contribution in [3.63, 3.8) is 0 Å². The van der Waals surface area contributed by atoms with E-state index >= 15 is 0 Å². The molecule has 1 unspecified atom stereocenters. The van der Waals surface area contributed by atoms with Gasteiger partial charge in [-0.1, -0.05) is 55.8 Å². The molecule has 0 aliphatic carbocycles. The Hall–Kier alpha value is -1.81. The van der Waals surface area contributed by atoms with Gasteiger partial charge < -0.3 is 4.57 Å². The van der Waals surface area contributed by atoms with E-state index in [9.17, 15) is 0 Å². The monoisotopic (exact) mass is 381 g/mol. The topological polar surface area (TPSA) is 11.4 Å². The first-order valence-electron chi connectivity index (χ1n) is 9.98. The lowest BCUT2D eigenvalue weighted by Gasteiger charge is -2.39. The zero-order valence-electron chi connectivity index (χ0n) is 16.5. The summed E-state index contributed by atoms with van der Waals surface area (Å²) in [7, 11) is 0. The molecule has 2 heterocycles. The maximum atomic E-state index is 6.37. The summed E-state index contributed by atoms with van der Waals surface area (Å²) in [5.41, 5.74) is 5.31. The molecule has 3 aromatic rings. The second-order valence-electron chi connectivity index (χ2n) is 7.32. The Bertz CT molecular complexity index is 928. The van der Waals surface area contributed by atoms with Gasteiger partial charge in [0.15, 0.2) is 0 Å². The van der Waals surface area contributed by atoms with Crippen molar-refractivity contribution in [3.05, 3.63) is 59.2 Å². The van der Waals surface area contributed by atoms with Crippen molar-refractivity contribution in [2.75, 3.05) is 19.6 Å². The number of halogens is 1. The van der Waals surface area contributed by atoms with Gasteiger partial charge in [-0.2, -0.15) is 0 Å². The van der Waals surface area contributed by atoms with Crippen LogP contribution in [0.5, 0.6) is 0 Å². The van der Waals surface area contributed by atoms with E-state index in [0.717, 1.165) is 37.7 Å². The Morgan fingerprint density at radius 1 is 1.04 bits per heavy atom. The number of hydrogen-bond donors (Lipinski definition) is 0. The molecule has 0 radical (unpaired) electrons. The van der Waals surface area contributed by atoms with Gasteiger partial charge >= 0.3 is 0 Å². The summed E-state index contributed by atoms with van der Waals surface area (Å²) >= 11 is 6.37. The van der Waals surface area contributed by atoms with Crippen molar-refractivity contribution in [2.45, 2.75) is 40.0 Å². The average Bonchev–Trinajstić information content (AvgIpc) is 3.02. The lowest BCUT2D eigenvalue weighted by molar-refractivity contribution is 0.0431. The second-order valence-corrected chi connectivity index (χ2v) is 7.76. The summed E-state index contributed by atoms with van der Waals surface area (Å²) in [5, 5.41) is 2.07. The molecule has 1 aliphatic heterocycles. The molecule has 142 valence electrons. The van der Waals surface area contributed by atoms with Gasteiger partial charge in [0.2, 0.25) is 0 Å². The third-order valence-corrected chi connectivity index (χ3v) is 6.26. The molecule has 1 atom stereocenters. The number of benzene rings is 2. The molecule has 4 heteroatoms. The van der Waals surface area contributed by atoms with Crippen LogP contribution >= 0.6 is 11.6 Å². The first-order valence-corrected chi connectivity index (χ1v) is 10.4. The average molecular weight is 382 g/mol. The third kappa shape index (κ3) is 3.29. The molecule has 3 nitrogen and oxygen atoms in total. The van der Waals surface area contributed by atoms with E-state index in [-0.39, 0.29) is 0 Å². The standard InChI is InChI=1S/C23H28ClN3/c1-4-25(5-2)17(3)26-13-14-27-21-12-11-19(24)15-20(21)23(22(27)16-26)18-9-7-6-8-10-18/h6-12,15,17H,4-5,13-14,16H2,1-3H3. The zero-order valence-corrected chi connectivity index (χ0v) is 17.2. The van der Waals surface area contributed by atoms with Crippen LogP contribution in [0.25, 0.3) is 22.0 Å². The summed E-state index contributed by atoms with van der Waals surface area (Å²) in [5.74, 6) is 0. The van der Waals surface area contributed by atoms with Gasteiger partial charge in [-0.05, 0) is 43.8 Å². The first kappa shape index (κ1) is 18.5. The minimum absolute atomic E-state index is 0.443. The largest absolute Gasteiger partial charge is 0.341 e. The molecular formula is C23H28ClN3. The molecule has 0 saturated carbocycles. The predicted octanol–water partition coefficient (Wildman–Crippen LogP) is 5.47. The summed E-state index contributed by atoms with van der Waals surface area (Å²) in [6.07, 6.45) is 0.443. The summed E-state index contributed by atoms with van der Waals surface area (Å²) in [6.45, 7) is 12.1. The van der Waals surface area contributed by atoms with Gasteiger partial charge in [-0.15, -0.1) is 0 Å². The van der Waals surface area contributed by atoms with Gasteiger partial charge in [-0.3, -0.25) is 9.80 Å². The third-order valence-electron chi connectivity index (χ3n) is 6.03. The van der Waals surface area contributed by atoms with Gasteiger partial charge in [0.05, 0.1) is 6.17 Å². The molecular weight excluding hydrogens is 354 g/mol. The number of fused-ring (bicyclic) bond motifs is 3. The van der Waals surface area contributed by atoms with E-state index in [0.29, 0.717) is 6.17 Å². The fourth-order valence-corrected chi connectivity index (χ4v) is 4.70. The predicted molar refractivity (Wildman–Crippen MR) is 115 cm³/mol. The smallest absolute Gasteiger partial charge is 0.0597 e. The van der Waals surface area contributed by atoms with Crippen molar-refractivity contribution in [1.82, 2.24) is 14.4 Å². The minimum atomic E-state index is 0.443. The number of rotatable bonds is 5. The van der Waals surface area contributed by atoms with Crippen LogP contribution in [0.3, 0.4) is 0 Å². The normalized spacial score (nSPS) is 16.0. The zero-order chi connectivity index (χ0) is 19.0. The molecule has 0 spiro atoms. The molecule has 0 bridgehead atoms. The fraction of sp³-hybridized carbons (Fsp3) is 0.391. The number of aromatic nitrogens is 1. The van der Waals surface area contributed by atoms with Crippen LogP contribution in [-0.4, -0.2) is 40.2 Å². The highest BCUT2D eigenvalue weighted by molar-refractivity contribution is 6.31. The molecule has 0 N–H and O–H groups in total. The van der Waals surface area contributed by atoms with Crippen LogP contribution in [0.4, 0.5) is 0 Å². The Morgan fingerprint density at radius 3 is 2.48 bits per heavy atom. The fourth-order valence-electron chi connectivity index (χ4n) is 4.53. The Morgan fingerprint density at radius 2 is 1.78 bits per heavy atom. The molecule has 4 rings (SSSR count). The molecule has 1 aromatic heterocycles. The van der Waals surface area contributed by atoms with Crippen LogP contribution < -0.4 is 0 Å². The maximum absolute atomic E-state index is 6.37. The maximum Gasteiger partial charge on any atom is 0.0597 e. The van der Waals surface area contributed by atoms with E-state index < -0.39 is 0 Å². The van der Waals surface area contributed by atoms with Gasteiger partial charge in [0.25, 0.3) is 0 Å². The van der Waals surface area contributed by atoms with Crippen LogP contribution in [0.1, 0.15) is 26.5 Å². The van der Waals surface area contributed by atoms with E-state index in [4.69, 9.17) is 11.6 Å². The highest BCUT2D eigenvalue weighted by Gasteiger charge is 2.28. The Kier molecular flexibility index (Phi) is 5.27. The van der Waals surface area contributed by atoms with E-state index in [1.165, 1.54) is 27.7 Å². The quantitative estimate of drug-likeness (QED) is 0.581. The highest BCUT2D eigenvalue weighted by Crippen LogP contribution is 2.38. The number of nitrogens with zero attached hydrogens (tertiary/aromatic N) is 3. The van der Waals surface area contributed by atoms with Crippen molar-refractivity contribution >= 4 is 22.5 Å². The van der Waals surface area contributed by atoms with Crippen molar-refractivity contribution in [1.29, 1.82) is 0 Å². The van der Waals surface area contributed by atoms with Crippen molar-refractivity contribution in [2.24, 2.45) is 0 Å². The highest BCUT2D eigenvalue weighted by atomic mass is 35.5. The van der Waals surface area contributed by atoms with Crippen LogP contribution in [-0.2, 0) is 13.1 Å². The van der Waals surface area contributed by atoms with E-state index in [2.05, 4.69) is 77.6 Å². The summed E-state index contributed by atoms with van der Waals surface area (Å²) < 4.78 is 2.50. The van der Waals surface area contributed by atoms with Crippen LogP contribution in [0.2, 0.25) is 5.02 Å². The lowest BCUT2D eigenvalue weighted by atomic mass is 10.0. The minimum Gasteiger partial charge on any atom is -0.341 e. The Balaban J connectivity index is 1.83. The second kappa shape index (κ2) is 7.67. The van der Waals surface area contributed by atoms with Crippen LogP contribution in [0.15, 0.2) is 48.5 Å². The van der Waals surface area contributed by atoms with Crippen molar-refractivity contribution < 1.29 is 0 Å². The molecule has 0 amide bonds. The summed E-state index contributed by atoms with van der Waals surface area (Å²) in [4.78, 5) is 5.13. The van der Waals surface area contributed by atoms with Crippen molar-refractivity contribution in [3.8, 4) is 11.1 Å². The van der Waals surface area contributed by atoms with Gasteiger partial charge in [0.1, 0.15) is 0 Å². The molecule has 0 fully saturated rings. The molecule has 2 aromatic carbocycles. The lowest BCUT2D eigenvalue weighted by Crippen LogP contribution is -2.49. The van der Waals surface area contributed by atoms with E-state index in [1.807, 2.05) is 6.07 Å². The number of hydrogen-bond acceptors (Lipinski definition) is 2.